The Morgan fingerprint density at radius 1 is 1.29 bits per heavy atom. The normalized spacial score (nSPS) is 32.7. The average molecular weight is 252 g/mol. The van der Waals surface area contributed by atoms with Gasteiger partial charge in [0.05, 0.1) is 0 Å². The summed E-state index contributed by atoms with van der Waals surface area (Å²) in [6.07, 6.45) is 5.71. The first kappa shape index (κ1) is 11.3. The first-order chi connectivity index (χ1) is 8.22. The molecule has 3 nitrogen and oxygen atoms in total. The average Bonchev–Trinajstić information content (AvgIpc) is 2.94. The lowest BCUT2D eigenvalue weighted by molar-refractivity contribution is 0.304. The Morgan fingerprint density at radius 2 is 2.18 bits per heavy atom. The predicted molar refractivity (Wildman–Crippen MR) is 69.1 cm³/mol. The van der Waals surface area contributed by atoms with Gasteiger partial charge in [-0.25, -0.2) is 0 Å². The standard InChI is InChI=1S/C13H18ClN3/c1-8(11-7-9-2-3-10(11)6-9)15-13-5-4-12(14)16-17-13/h4-5,8-11H,2-3,6-7H2,1H3,(H,15,17). The molecule has 2 bridgehead atoms. The molecule has 4 unspecified atom stereocenters. The predicted octanol–water partition coefficient (Wildman–Crippen LogP) is 3.37. The van der Waals surface area contributed by atoms with Crippen molar-refractivity contribution in [3.63, 3.8) is 0 Å². The molecule has 4 heteroatoms. The summed E-state index contributed by atoms with van der Waals surface area (Å²) in [5.74, 6) is 3.57. The van der Waals surface area contributed by atoms with Gasteiger partial charge >= 0.3 is 0 Å². The molecule has 92 valence electrons. The summed E-state index contributed by atoms with van der Waals surface area (Å²) in [5.41, 5.74) is 0. The molecule has 2 aliphatic rings. The van der Waals surface area contributed by atoms with E-state index in [2.05, 4.69) is 22.4 Å². The van der Waals surface area contributed by atoms with Gasteiger partial charge in [0, 0.05) is 6.04 Å². The van der Waals surface area contributed by atoms with E-state index in [-0.39, 0.29) is 0 Å². The first-order valence-electron chi connectivity index (χ1n) is 6.48. The second-order valence-corrected chi connectivity index (χ2v) is 5.90. The van der Waals surface area contributed by atoms with Crippen LogP contribution < -0.4 is 5.32 Å². The van der Waals surface area contributed by atoms with E-state index in [0.29, 0.717) is 11.2 Å². The van der Waals surface area contributed by atoms with E-state index in [1.54, 1.807) is 6.07 Å². The van der Waals surface area contributed by atoms with Gasteiger partial charge < -0.3 is 5.32 Å². The Morgan fingerprint density at radius 3 is 2.76 bits per heavy atom. The summed E-state index contributed by atoms with van der Waals surface area (Å²) >= 11 is 5.73. The number of nitrogens with one attached hydrogen (secondary N) is 1. The van der Waals surface area contributed by atoms with Crippen LogP contribution in [-0.2, 0) is 0 Å². The Bertz CT molecular complexity index is 392. The SMILES string of the molecule is CC(Nc1ccc(Cl)nn1)C1CC2CCC1C2. The van der Waals surface area contributed by atoms with Gasteiger partial charge in [0.15, 0.2) is 5.15 Å². The number of fused-ring (bicyclic) bond motifs is 2. The molecule has 0 saturated heterocycles. The highest BCUT2D eigenvalue weighted by Gasteiger charge is 2.41. The zero-order valence-corrected chi connectivity index (χ0v) is 10.8. The molecule has 0 aromatic carbocycles. The Labute approximate surface area is 107 Å². The van der Waals surface area contributed by atoms with Gasteiger partial charge in [0.25, 0.3) is 0 Å². The maximum absolute atomic E-state index is 5.73. The van der Waals surface area contributed by atoms with E-state index in [9.17, 15) is 0 Å². The minimum Gasteiger partial charge on any atom is -0.366 e. The van der Waals surface area contributed by atoms with Crippen LogP contribution in [0.1, 0.15) is 32.6 Å². The van der Waals surface area contributed by atoms with Crippen molar-refractivity contribution in [1.82, 2.24) is 10.2 Å². The molecule has 1 heterocycles. The molecule has 0 amide bonds. The summed E-state index contributed by atoms with van der Waals surface area (Å²) in [7, 11) is 0. The van der Waals surface area contributed by atoms with Crippen molar-refractivity contribution in [3.05, 3.63) is 17.3 Å². The minimum absolute atomic E-state index is 0.447. The quantitative estimate of drug-likeness (QED) is 0.895. The lowest BCUT2D eigenvalue weighted by Gasteiger charge is -2.28. The van der Waals surface area contributed by atoms with Crippen molar-refractivity contribution >= 4 is 17.4 Å². The Hall–Kier alpha value is -0.830. The molecule has 1 aromatic rings. The van der Waals surface area contributed by atoms with E-state index in [1.165, 1.54) is 25.7 Å². The van der Waals surface area contributed by atoms with Gasteiger partial charge in [-0.05, 0) is 56.1 Å². The molecule has 1 N–H and O–H groups in total. The molecule has 2 saturated carbocycles. The van der Waals surface area contributed by atoms with Crippen molar-refractivity contribution in [2.24, 2.45) is 17.8 Å². The van der Waals surface area contributed by atoms with Crippen LogP contribution in [0.25, 0.3) is 0 Å². The summed E-state index contributed by atoms with van der Waals surface area (Å²) in [6, 6.07) is 4.17. The van der Waals surface area contributed by atoms with Crippen LogP contribution in [-0.4, -0.2) is 16.2 Å². The zero-order valence-electron chi connectivity index (χ0n) is 10.1. The molecule has 2 aliphatic carbocycles. The highest BCUT2D eigenvalue weighted by molar-refractivity contribution is 6.29. The monoisotopic (exact) mass is 251 g/mol. The van der Waals surface area contributed by atoms with E-state index in [4.69, 9.17) is 11.6 Å². The number of nitrogens with zero attached hydrogens (tertiary/aromatic N) is 2. The smallest absolute Gasteiger partial charge is 0.151 e. The van der Waals surface area contributed by atoms with Crippen LogP contribution in [0.15, 0.2) is 12.1 Å². The van der Waals surface area contributed by atoms with Crippen LogP contribution in [0.2, 0.25) is 5.15 Å². The molecule has 1 aromatic heterocycles. The van der Waals surface area contributed by atoms with Gasteiger partial charge in [-0.2, -0.15) is 0 Å². The topological polar surface area (TPSA) is 37.8 Å². The van der Waals surface area contributed by atoms with Crippen molar-refractivity contribution in [2.45, 2.75) is 38.6 Å². The molecule has 0 radical (unpaired) electrons. The van der Waals surface area contributed by atoms with Gasteiger partial charge in [-0.1, -0.05) is 18.0 Å². The fourth-order valence-electron chi connectivity index (χ4n) is 3.64. The summed E-state index contributed by atoms with van der Waals surface area (Å²) in [5, 5.41) is 11.8. The number of hydrogen-bond acceptors (Lipinski definition) is 3. The molecule has 17 heavy (non-hydrogen) atoms. The molecule has 0 aliphatic heterocycles. The number of aromatic nitrogens is 2. The van der Waals surface area contributed by atoms with Crippen molar-refractivity contribution < 1.29 is 0 Å². The van der Waals surface area contributed by atoms with Gasteiger partial charge in [0.1, 0.15) is 5.82 Å². The fourth-order valence-corrected chi connectivity index (χ4v) is 3.74. The number of anilines is 1. The molecule has 4 atom stereocenters. The summed E-state index contributed by atoms with van der Waals surface area (Å²) in [6.45, 7) is 2.27. The largest absolute Gasteiger partial charge is 0.366 e. The Balaban J connectivity index is 1.63. The zero-order chi connectivity index (χ0) is 11.8. The van der Waals surface area contributed by atoms with Crippen LogP contribution in [0.3, 0.4) is 0 Å². The number of rotatable bonds is 3. The second-order valence-electron chi connectivity index (χ2n) is 5.51. The van der Waals surface area contributed by atoms with Crippen LogP contribution >= 0.6 is 11.6 Å². The fraction of sp³-hybridized carbons (Fsp3) is 0.692. The van der Waals surface area contributed by atoms with E-state index in [0.717, 1.165) is 23.6 Å². The molecule has 3 rings (SSSR count). The lowest BCUT2D eigenvalue weighted by Crippen LogP contribution is -2.30. The first-order valence-corrected chi connectivity index (χ1v) is 6.86. The molecular formula is C13H18ClN3. The van der Waals surface area contributed by atoms with E-state index in [1.807, 2.05) is 6.07 Å². The van der Waals surface area contributed by atoms with Crippen molar-refractivity contribution in [1.29, 1.82) is 0 Å². The van der Waals surface area contributed by atoms with Gasteiger partial charge in [0.2, 0.25) is 0 Å². The highest BCUT2D eigenvalue weighted by atomic mass is 35.5. The number of hydrogen-bond donors (Lipinski definition) is 1. The third-order valence-corrected chi connectivity index (χ3v) is 4.64. The van der Waals surface area contributed by atoms with E-state index < -0.39 is 0 Å². The maximum atomic E-state index is 5.73. The van der Waals surface area contributed by atoms with Gasteiger partial charge in [-0.15, -0.1) is 10.2 Å². The third-order valence-electron chi connectivity index (χ3n) is 4.44. The minimum atomic E-state index is 0.447. The van der Waals surface area contributed by atoms with Crippen molar-refractivity contribution in [3.8, 4) is 0 Å². The molecule has 0 spiro atoms. The van der Waals surface area contributed by atoms with Crippen LogP contribution in [0, 0.1) is 17.8 Å². The lowest BCUT2D eigenvalue weighted by atomic mass is 9.84. The van der Waals surface area contributed by atoms with Gasteiger partial charge in [-0.3, -0.25) is 0 Å². The molecule has 2 fully saturated rings. The van der Waals surface area contributed by atoms with Crippen LogP contribution in [0.5, 0.6) is 0 Å². The second kappa shape index (κ2) is 4.45. The summed E-state index contributed by atoms with van der Waals surface area (Å²) in [4.78, 5) is 0. The van der Waals surface area contributed by atoms with E-state index >= 15 is 0 Å². The third kappa shape index (κ3) is 2.25. The number of halogens is 1. The van der Waals surface area contributed by atoms with Crippen LogP contribution in [0.4, 0.5) is 5.82 Å². The summed E-state index contributed by atoms with van der Waals surface area (Å²) < 4.78 is 0. The molecular weight excluding hydrogens is 234 g/mol. The van der Waals surface area contributed by atoms with Crippen molar-refractivity contribution in [2.75, 3.05) is 5.32 Å². The highest BCUT2D eigenvalue weighted by Crippen LogP contribution is 2.49. The Kier molecular flexibility index (Phi) is 2.95. The maximum Gasteiger partial charge on any atom is 0.151 e.